The van der Waals surface area contributed by atoms with E-state index in [1.807, 2.05) is 19.2 Å². The molecule has 0 atom stereocenters. The fourth-order valence-electron chi connectivity index (χ4n) is 1.83. The van der Waals surface area contributed by atoms with Crippen LogP contribution in [-0.2, 0) is 13.2 Å². The van der Waals surface area contributed by atoms with Gasteiger partial charge in [-0.2, -0.15) is 0 Å². The zero-order chi connectivity index (χ0) is 14.5. The van der Waals surface area contributed by atoms with Crippen molar-refractivity contribution < 1.29 is 13.5 Å². The van der Waals surface area contributed by atoms with Crippen LogP contribution >= 0.6 is 11.6 Å². The van der Waals surface area contributed by atoms with Gasteiger partial charge in [0, 0.05) is 23.7 Å². The van der Waals surface area contributed by atoms with Crippen LogP contribution in [0.1, 0.15) is 11.1 Å². The van der Waals surface area contributed by atoms with Crippen molar-refractivity contribution in [2.75, 3.05) is 7.05 Å². The van der Waals surface area contributed by atoms with Crippen molar-refractivity contribution in [3.63, 3.8) is 0 Å². The van der Waals surface area contributed by atoms with Gasteiger partial charge >= 0.3 is 0 Å². The third-order valence-electron chi connectivity index (χ3n) is 2.80. The molecule has 0 fully saturated rings. The number of benzene rings is 2. The number of halogens is 3. The van der Waals surface area contributed by atoms with Crippen LogP contribution in [-0.4, -0.2) is 7.05 Å². The van der Waals surface area contributed by atoms with E-state index in [2.05, 4.69) is 5.32 Å². The highest BCUT2D eigenvalue weighted by Crippen LogP contribution is 2.29. The minimum Gasteiger partial charge on any atom is -0.487 e. The summed E-state index contributed by atoms with van der Waals surface area (Å²) in [6, 6.07) is 8.79. The van der Waals surface area contributed by atoms with Crippen LogP contribution in [0.25, 0.3) is 0 Å². The molecule has 0 heterocycles. The first-order chi connectivity index (χ1) is 9.61. The lowest BCUT2D eigenvalue weighted by Crippen LogP contribution is -2.08. The van der Waals surface area contributed by atoms with Gasteiger partial charge in [-0.3, -0.25) is 0 Å². The average Bonchev–Trinajstić information content (AvgIpc) is 2.40. The highest BCUT2D eigenvalue weighted by atomic mass is 35.5. The van der Waals surface area contributed by atoms with E-state index in [-0.39, 0.29) is 12.2 Å². The summed E-state index contributed by atoms with van der Waals surface area (Å²) in [5.41, 5.74) is 1.16. The molecular weight excluding hydrogens is 284 g/mol. The molecular formula is C15H14ClF2NO. The lowest BCUT2D eigenvalue weighted by Gasteiger charge is -2.13. The summed E-state index contributed by atoms with van der Waals surface area (Å²) < 4.78 is 32.0. The Morgan fingerprint density at radius 3 is 2.65 bits per heavy atom. The van der Waals surface area contributed by atoms with Crippen molar-refractivity contribution >= 4 is 11.6 Å². The standard InChI is InChI=1S/C15H14ClF2NO/c1-19-8-10-3-2-4-13(16)15(10)20-9-11-5-6-12(17)7-14(11)18/h2-7,19H,8-9H2,1H3. The molecule has 0 aliphatic carbocycles. The van der Waals surface area contributed by atoms with E-state index >= 15 is 0 Å². The average molecular weight is 298 g/mol. The van der Waals surface area contributed by atoms with Gasteiger partial charge in [0.05, 0.1) is 5.02 Å². The molecule has 106 valence electrons. The van der Waals surface area contributed by atoms with Gasteiger partial charge in [-0.1, -0.05) is 23.7 Å². The molecule has 1 N–H and O–H groups in total. The second-order valence-electron chi connectivity index (χ2n) is 4.28. The molecule has 0 bridgehead atoms. The topological polar surface area (TPSA) is 21.3 Å². The number of hydrogen-bond donors (Lipinski definition) is 1. The number of hydrogen-bond acceptors (Lipinski definition) is 2. The van der Waals surface area contributed by atoms with E-state index in [0.29, 0.717) is 17.3 Å². The van der Waals surface area contributed by atoms with Crippen molar-refractivity contribution in [1.29, 1.82) is 0 Å². The Labute approximate surface area is 121 Å². The third kappa shape index (κ3) is 3.46. The number of rotatable bonds is 5. The highest BCUT2D eigenvalue weighted by molar-refractivity contribution is 6.32. The van der Waals surface area contributed by atoms with E-state index in [9.17, 15) is 8.78 Å². The number of ether oxygens (including phenoxy) is 1. The van der Waals surface area contributed by atoms with Gasteiger partial charge in [0.25, 0.3) is 0 Å². The van der Waals surface area contributed by atoms with Gasteiger partial charge < -0.3 is 10.1 Å². The molecule has 0 saturated carbocycles. The fourth-order valence-corrected chi connectivity index (χ4v) is 2.08. The fraction of sp³-hybridized carbons (Fsp3) is 0.200. The van der Waals surface area contributed by atoms with Gasteiger partial charge in [0.15, 0.2) is 0 Å². The van der Waals surface area contributed by atoms with Gasteiger partial charge in [-0.15, -0.1) is 0 Å². The first-order valence-electron chi connectivity index (χ1n) is 6.10. The molecule has 5 heteroatoms. The molecule has 0 spiro atoms. The van der Waals surface area contributed by atoms with Crippen molar-refractivity contribution in [2.45, 2.75) is 13.2 Å². The summed E-state index contributed by atoms with van der Waals surface area (Å²) in [4.78, 5) is 0. The summed E-state index contributed by atoms with van der Waals surface area (Å²) >= 11 is 6.09. The van der Waals surface area contributed by atoms with Gasteiger partial charge in [0.1, 0.15) is 24.0 Å². The van der Waals surface area contributed by atoms with E-state index in [1.54, 1.807) is 6.07 Å². The predicted molar refractivity (Wildman–Crippen MR) is 74.9 cm³/mol. The van der Waals surface area contributed by atoms with E-state index < -0.39 is 11.6 Å². The SMILES string of the molecule is CNCc1cccc(Cl)c1OCc1ccc(F)cc1F. The first-order valence-corrected chi connectivity index (χ1v) is 6.48. The van der Waals surface area contributed by atoms with Crippen LogP contribution < -0.4 is 10.1 Å². The van der Waals surface area contributed by atoms with Crippen LogP contribution in [0.2, 0.25) is 5.02 Å². The zero-order valence-electron chi connectivity index (χ0n) is 10.9. The van der Waals surface area contributed by atoms with Crippen molar-refractivity contribution in [3.05, 3.63) is 64.2 Å². The Bertz CT molecular complexity index is 604. The van der Waals surface area contributed by atoms with Gasteiger partial charge in [-0.25, -0.2) is 8.78 Å². The summed E-state index contributed by atoms with van der Waals surface area (Å²) in [6.45, 7) is 0.578. The number of para-hydroxylation sites is 1. The summed E-state index contributed by atoms with van der Waals surface area (Å²) in [7, 11) is 1.81. The van der Waals surface area contributed by atoms with E-state index in [0.717, 1.165) is 11.6 Å². The maximum atomic E-state index is 13.5. The molecule has 0 aliphatic rings. The molecule has 0 aromatic heterocycles. The summed E-state index contributed by atoms with van der Waals surface area (Å²) in [6.07, 6.45) is 0. The van der Waals surface area contributed by atoms with Crippen molar-refractivity contribution in [1.82, 2.24) is 5.32 Å². The highest BCUT2D eigenvalue weighted by Gasteiger charge is 2.10. The van der Waals surface area contributed by atoms with Crippen molar-refractivity contribution in [2.24, 2.45) is 0 Å². The molecule has 2 aromatic rings. The molecule has 2 aromatic carbocycles. The Morgan fingerprint density at radius 2 is 1.95 bits per heavy atom. The Balaban J connectivity index is 2.18. The molecule has 2 nitrogen and oxygen atoms in total. The second kappa shape index (κ2) is 6.68. The molecule has 0 radical (unpaired) electrons. The zero-order valence-corrected chi connectivity index (χ0v) is 11.7. The van der Waals surface area contributed by atoms with Gasteiger partial charge in [-0.05, 0) is 25.2 Å². The smallest absolute Gasteiger partial charge is 0.142 e. The van der Waals surface area contributed by atoms with Crippen LogP contribution in [0.5, 0.6) is 5.75 Å². The lowest BCUT2D eigenvalue weighted by atomic mass is 10.2. The Morgan fingerprint density at radius 1 is 1.15 bits per heavy atom. The van der Waals surface area contributed by atoms with Crippen LogP contribution in [0.4, 0.5) is 8.78 Å². The lowest BCUT2D eigenvalue weighted by molar-refractivity contribution is 0.296. The Hall–Kier alpha value is -1.65. The quantitative estimate of drug-likeness (QED) is 0.903. The monoisotopic (exact) mass is 297 g/mol. The molecule has 0 saturated heterocycles. The minimum absolute atomic E-state index is 0.00738. The van der Waals surface area contributed by atoms with Crippen LogP contribution in [0, 0.1) is 11.6 Å². The first kappa shape index (κ1) is 14.8. The van der Waals surface area contributed by atoms with Gasteiger partial charge in [0.2, 0.25) is 0 Å². The molecule has 0 unspecified atom stereocenters. The van der Waals surface area contributed by atoms with Crippen LogP contribution in [0.3, 0.4) is 0 Å². The summed E-state index contributed by atoms with van der Waals surface area (Å²) in [5, 5.41) is 3.46. The second-order valence-corrected chi connectivity index (χ2v) is 4.69. The maximum Gasteiger partial charge on any atom is 0.142 e. The molecule has 0 amide bonds. The van der Waals surface area contributed by atoms with Crippen molar-refractivity contribution in [3.8, 4) is 5.75 Å². The van der Waals surface area contributed by atoms with E-state index in [1.165, 1.54) is 12.1 Å². The predicted octanol–water partition coefficient (Wildman–Crippen LogP) is 3.92. The number of nitrogens with one attached hydrogen (secondary N) is 1. The largest absolute Gasteiger partial charge is 0.487 e. The molecule has 20 heavy (non-hydrogen) atoms. The van der Waals surface area contributed by atoms with E-state index in [4.69, 9.17) is 16.3 Å². The van der Waals surface area contributed by atoms with Crippen LogP contribution in [0.15, 0.2) is 36.4 Å². The molecule has 0 aliphatic heterocycles. The minimum atomic E-state index is -0.632. The molecule has 2 rings (SSSR count). The third-order valence-corrected chi connectivity index (χ3v) is 3.10. The maximum absolute atomic E-state index is 13.5. The Kier molecular flexibility index (Phi) is 4.93. The summed E-state index contributed by atoms with van der Waals surface area (Å²) in [5.74, 6) is -0.737. The normalized spacial score (nSPS) is 10.6.